The van der Waals surface area contributed by atoms with Crippen molar-refractivity contribution in [1.82, 2.24) is 10.2 Å². The number of nitrogens with zero attached hydrogens (tertiary/aromatic N) is 1. The zero-order valence-corrected chi connectivity index (χ0v) is 16.0. The lowest BCUT2D eigenvalue weighted by molar-refractivity contribution is 0.0674. The highest BCUT2D eigenvalue weighted by atomic mass is 35.5. The fraction of sp³-hybridized carbons (Fsp3) is 0.588. The monoisotopic (exact) mass is 376 g/mol. The molecule has 1 amide bonds. The second kappa shape index (κ2) is 9.97. The van der Waals surface area contributed by atoms with Gasteiger partial charge in [0.05, 0.1) is 18.7 Å². The van der Waals surface area contributed by atoms with E-state index in [2.05, 4.69) is 5.32 Å². The van der Waals surface area contributed by atoms with Gasteiger partial charge in [0.2, 0.25) is 0 Å². The molecule has 1 aromatic carbocycles. The van der Waals surface area contributed by atoms with E-state index in [0.717, 1.165) is 32.5 Å². The van der Waals surface area contributed by atoms with E-state index < -0.39 is 0 Å². The third kappa shape index (κ3) is 4.91. The number of hydrogen-bond donors (Lipinski definition) is 1. The SMILES string of the molecule is CCOc1c(Cl)cc(C(=O)N2CCCC(CNC)C2)cc1OC.Cl. The quantitative estimate of drug-likeness (QED) is 0.827. The predicted octanol–water partition coefficient (Wildman–Crippen LogP) is 3.24. The number of methoxy groups -OCH3 is 1. The number of halogens is 2. The van der Waals surface area contributed by atoms with Crippen molar-refractivity contribution in [3.63, 3.8) is 0 Å². The van der Waals surface area contributed by atoms with Crippen LogP contribution in [0.15, 0.2) is 12.1 Å². The van der Waals surface area contributed by atoms with Gasteiger partial charge in [-0.2, -0.15) is 0 Å². The zero-order chi connectivity index (χ0) is 16.8. The summed E-state index contributed by atoms with van der Waals surface area (Å²) in [6.45, 7) is 4.85. The van der Waals surface area contributed by atoms with E-state index in [9.17, 15) is 4.79 Å². The first-order chi connectivity index (χ1) is 11.1. The van der Waals surface area contributed by atoms with Gasteiger partial charge in [0.1, 0.15) is 0 Å². The highest BCUT2D eigenvalue weighted by Crippen LogP contribution is 2.37. The summed E-state index contributed by atoms with van der Waals surface area (Å²) in [4.78, 5) is 14.7. The van der Waals surface area contributed by atoms with Gasteiger partial charge >= 0.3 is 0 Å². The molecule has 1 N–H and O–H groups in total. The summed E-state index contributed by atoms with van der Waals surface area (Å²) in [6, 6.07) is 3.37. The minimum absolute atomic E-state index is 0. The van der Waals surface area contributed by atoms with Gasteiger partial charge in [0.15, 0.2) is 11.5 Å². The van der Waals surface area contributed by atoms with Gasteiger partial charge in [-0.25, -0.2) is 0 Å². The highest BCUT2D eigenvalue weighted by molar-refractivity contribution is 6.32. The molecule has 5 nitrogen and oxygen atoms in total. The lowest BCUT2D eigenvalue weighted by atomic mass is 9.97. The third-order valence-corrected chi connectivity index (χ3v) is 4.34. The Bertz CT molecular complexity index is 553. The van der Waals surface area contributed by atoms with Gasteiger partial charge in [-0.15, -0.1) is 12.4 Å². The first-order valence-corrected chi connectivity index (χ1v) is 8.42. The zero-order valence-electron chi connectivity index (χ0n) is 14.4. The number of likely N-dealkylation sites (tertiary alicyclic amines) is 1. The first kappa shape index (κ1) is 20.9. The fourth-order valence-corrected chi connectivity index (χ4v) is 3.28. The number of hydrogen-bond acceptors (Lipinski definition) is 4. The third-order valence-electron chi connectivity index (χ3n) is 4.06. The van der Waals surface area contributed by atoms with Crippen LogP contribution in [0.2, 0.25) is 5.02 Å². The minimum atomic E-state index is -0.00551. The molecule has 0 radical (unpaired) electrons. The average Bonchev–Trinajstić information content (AvgIpc) is 2.56. The summed E-state index contributed by atoms with van der Waals surface area (Å²) < 4.78 is 10.8. The van der Waals surface area contributed by atoms with E-state index in [-0.39, 0.29) is 18.3 Å². The maximum Gasteiger partial charge on any atom is 0.254 e. The summed E-state index contributed by atoms with van der Waals surface area (Å²) in [5.74, 6) is 1.47. The van der Waals surface area contributed by atoms with Crippen LogP contribution in [-0.2, 0) is 0 Å². The highest BCUT2D eigenvalue weighted by Gasteiger charge is 2.25. The Labute approximate surface area is 155 Å². The summed E-state index contributed by atoms with van der Waals surface area (Å²) in [7, 11) is 3.49. The topological polar surface area (TPSA) is 50.8 Å². The van der Waals surface area contributed by atoms with Crippen molar-refractivity contribution < 1.29 is 14.3 Å². The molecule has 1 unspecified atom stereocenters. The van der Waals surface area contributed by atoms with Crippen molar-refractivity contribution in [1.29, 1.82) is 0 Å². The van der Waals surface area contributed by atoms with Crippen molar-refractivity contribution in [3.05, 3.63) is 22.7 Å². The predicted molar refractivity (Wildman–Crippen MR) is 99.0 cm³/mol. The fourth-order valence-electron chi connectivity index (χ4n) is 3.02. The smallest absolute Gasteiger partial charge is 0.254 e. The Morgan fingerprint density at radius 3 is 2.83 bits per heavy atom. The Morgan fingerprint density at radius 1 is 1.46 bits per heavy atom. The number of ether oxygens (including phenoxy) is 2. The van der Waals surface area contributed by atoms with Crippen LogP contribution in [0.5, 0.6) is 11.5 Å². The Balaban J connectivity index is 0.00000288. The Hall–Kier alpha value is -1.17. The molecule has 1 aromatic rings. The molecule has 1 aliphatic rings. The van der Waals surface area contributed by atoms with E-state index in [1.165, 1.54) is 0 Å². The van der Waals surface area contributed by atoms with Gasteiger partial charge < -0.3 is 19.7 Å². The largest absolute Gasteiger partial charge is 0.493 e. The maximum absolute atomic E-state index is 12.8. The van der Waals surface area contributed by atoms with Crippen molar-refractivity contribution in [2.45, 2.75) is 19.8 Å². The van der Waals surface area contributed by atoms with Crippen LogP contribution < -0.4 is 14.8 Å². The molecular formula is C17H26Cl2N2O3. The molecule has 0 bridgehead atoms. The van der Waals surface area contributed by atoms with Crippen LogP contribution in [0.25, 0.3) is 0 Å². The van der Waals surface area contributed by atoms with Gasteiger partial charge in [-0.1, -0.05) is 11.6 Å². The van der Waals surface area contributed by atoms with Crippen molar-refractivity contribution in [2.24, 2.45) is 5.92 Å². The molecule has 1 aliphatic heterocycles. The molecule has 0 saturated carbocycles. The lowest BCUT2D eigenvalue weighted by Gasteiger charge is -2.33. The van der Waals surface area contributed by atoms with E-state index >= 15 is 0 Å². The summed E-state index contributed by atoms with van der Waals surface area (Å²) >= 11 is 6.27. The average molecular weight is 377 g/mol. The Morgan fingerprint density at radius 2 is 2.21 bits per heavy atom. The number of carbonyl (C=O) groups is 1. The second-order valence-corrected chi connectivity index (χ2v) is 6.15. The standard InChI is InChI=1S/C17H25ClN2O3.ClH/c1-4-23-16-14(18)8-13(9-15(16)22-3)17(21)20-7-5-6-12(11-20)10-19-2;/h8-9,12,19H,4-7,10-11H2,1-3H3;1H. The maximum atomic E-state index is 12.8. The summed E-state index contributed by atoms with van der Waals surface area (Å²) in [6.07, 6.45) is 2.18. The molecule has 24 heavy (non-hydrogen) atoms. The summed E-state index contributed by atoms with van der Waals surface area (Å²) in [5, 5.41) is 3.59. The molecule has 2 rings (SSSR count). The molecule has 1 atom stereocenters. The molecule has 136 valence electrons. The minimum Gasteiger partial charge on any atom is -0.493 e. The molecule has 0 aliphatic carbocycles. The number of amides is 1. The number of rotatable bonds is 6. The normalized spacial score (nSPS) is 17.2. The molecular weight excluding hydrogens is 351 g/mol. The lowest BCUT2D eigenvalue weighted by Crippen LogP contribution is -2.42. The van der Waals surface area contributed by atoms with Crippen LogP contribution >= 0.6 is 24.0 Å². The van der Waals surface area contributed by atoms with Gasteiger partial charge in [-0.3, -0.25) is 4.79 Å². The van der Waals surface area contributed by atoms with Crippen molar-refractivity contribution in [2.75, 3.05) is 40.4 Å². The number of nitrogens with one attached hydrogen (secondary N) is 1. The van der Waals surface area contributed by atoms with Gasteiger partial charge in [0, 0.05) is 18.7 Å². The molecule has 1 saturated heterocycles. The molecule has 0 aromatic heterocycles. The van der Waals surface area contributed by atoms with E-state index in [1.54, 1.807) is 19.2 Å². The van der Waals surface area contributed by atoms with Crippen LogP contribution in [0.1, 0.15) is 30.1 Å². The van der Waals surface area contributed by atoms with E-state index in [0.29, 0.717) is 34.6 Å². The van der Waals surface area contributed by atoms with Crippen molar-refractivity contribution in [3.8, 4) is 11.5 Å². The van der Waals surface area contributed by atoms with Crippen LogP contribution in [0, 0.1) is 5.92 Å². The molecule has 0 spiro atoms. The number of piperidine rings is 1. The molecule has 1 heterocycles. The van der Waals surface area contributed by atoms with Crippen molar-refractivity contribution >= 4 is 29.9 Å². The van der Waals surface area contributed by atoms with Crippen LogP contribution in [-0.4, -0.2) is 51.2 Å². The number of carbonyl (C=O) groups excluding carboxylic acids is 1. The Kier molecular flexibility index (Phi) is 8.67. The van der Waals surface area contributed by atoms with Crippen LogP contribution in [0.3, 0.4) is 0 Å². The molecule has 7 heteroatoms. The van der Waals surface area contributed by atoms with E-state index in [1.807, 2.05) is 18.9 Å². The number of benzene rings is 1. The van der Waals surface area contributed by atoms with Crippen LogP contribution in [0.4, 0.5) is 0 Å². The second-order valence-electron chi connectivity index (χ2n) is 5.74. The first-order valence-electron chi connectivity index (χ1n) is 8.04. The van der Waals surface area contributed by atoms with Gasteiger partial charge in [-0.05, 0) is 51.4 Å². The van der Waals surface area contributed by atoms with Gasteiger partial charge in [0.25, 0.3) is 5.91 Å². The summed E-state index contributed by atoms with van der Waals surface area (Å²) in [5.41, 5.74) is 0.542. The van der Waals surface area contributed by atoms with E-state index in [4.69, 9.17) is 21.1 Å². The molecule has 1 fully saturated rings.